The van der Waals surface area contributed by atoms with Crippen molar-refractivity contribution in [2.45, 2.75) is 91.1 Å². The zero-order valence-corrected chi connectivity index (χ0v) is 17.7. The minimum absolute atomic E-state index is 0.342. The molecule has 0 saturated carbocycles. The molecule has 0 bridgehead atoms. The van der Waals surface area contributed by atoms with Crippen LogP contribution in [-0.4, -0.2) is 15.6 Å². The van der Waals surface area contributed by atoms with E-state index in [1.165, 1.54) is 63.6 Å². The highest BCUT2D eigenvalue weighted by Crippen LogP contribution is 2.12. The summed E-state index contributed by atoms with van der Waals surface area (Å²) in [5, 5.41) is 9.05. The highest BCUT2D eigenvalue weighted by atomic mass is 16.4. The fourth-order valence-corrected chi connectivity index (χ4v) is 3.76. The summed E-state index contributed by atoms with van der Waals surface area (Å²) in [6.07, 6.45) is 17.5. The van der Waals surface area contributed by atoms with Gasteiger partial charge in [-0.3, -0.25) is 0 Å². The van der Waals surface area contributed by atoms with Crippen LogP contribution in [0.4, 0.5) is 0 Å². The molecule has 0 fully saturated rings. The van der Waals surface area contributed by atoms with Gasteiger partial charge in [0.2, 0.25) is 0 Å². The first-order chi connectivity index (χ1) is 13.7. The lowest BCUT2D eigenvalue weighted by Gasteiger charge is -2.06. The molecule has 1 aromatic carbocycles. The third-order valence-corrected chi connectivity index (χ3v) is 5.49. The third-order valence-electron chi connectivity index (χ3n) is 5.49. The van der Waals surface area contributed by atoms with E-state index >= 15 is 0 Å². The molecule has 4 heteroatoms. The Morgan fingerprint density at radius 1 is 0.929 bits per heavy atom. The van der Waals surface area contributed by atoms with Crippen LogP contribution in [0, 0.1) is 0 Å². The topological polar surface area (TPSA) is 46.1 Å². The Hall–Kier alpha value is -2.10. The highest BCUT2D eigenvalue weighted by molar-refractivity contribution is 5.87. The van der Waals surface area contributed by atoms with Crippen molar-refractivity contribution in [1.82, 2.24) is 4.57 Å². The van der Waals surface area contributed by atoms with Crippen LogP contribution in [0.2, 0.25) is 0 Å². The van der Waals surface area contributed by atoms with Crippen molar-refractivity contribution in [3.63, 3.8) is 0 Å². The zero-order valence-electron chi connectivity index (χ0n) is 17.7. The number of rotatable bonds is 14. The van der Waals surface area contributed by atoms with Crippen molar-refractivity contribution < 1.29 is 14.5 Å². The van der Waals surface area contributed by atoms with E-state index < -0.39 is 5.97 Å². The number of hydrogen-bond acceptors (Lipinski definition) is 1. The van der Waals surface area contributed by atoms with Gasteiger partial charge in [-0.2, -0.15) is 0 Å². The Balaban J connectivity index is 1.82. The van der Waals surface area contributed by atoms with Crippen molar-refractivity contribution in [3.8, 4) is 0 Å². The number of carbonyl (C=O) groups is 1. The maximum Gasteiger partial charge on any atom is 0.335 e. The second-order valence-corrected chi connectivity index (χ2v) is 7.71. The maximum absolute atomic E-state index is 11.0. The normalized spacial score (nSPS) is 11.1. The molecule has 28 heavy (non-hydrogen) atoms. The standard InChI is InChI=1S/C24H36N2O2/c1-3-5-6-7-8-9-10-11-12-13-23-25(4-2)18-19-26(23)20-21-14-16-22(17-15-21)24(27)28/h14-19H,3-13,20H2,1-2H3/p+1. The van der Waals surface area contributed by atoms with Crippen LogP contribution >= 0.6 is 0 Å². The molecule has 1 aromatic heterocycles. The molecule has 0 aliphatic rings. The summed E-state index contributed by atoms with van der Waals surface area (Å²) >= 11 is 0. The van der Waals surface area contributed by atoms with Gasteiger partial charge < -0.3 is 5.11 Å². The summed E-state index contributed by atoms with van der Waals surface area (Å²) in [7, 11) is 0. The van der Waals surface area contributed by atoms with Crippen molar-refractivity contribution in [3.05, 3.63) is 53.6 Å². The predicted octanol–water partition coefficient (Wildman–Crippen LogP) is 5.62. The van der Waals surface area contributed by atoms with Crippen molar-refractivity contribution in [1.29, 1.82) is 0 Å². The van der Waals surface area contributed by atoms with E-state index in [0.29, 0.717) is 5.56 Å². The van der Waals surface area contributed by atoms with Crippen molar-refractivity contribution >= 4 is 5.97 Å². The largest absolute Gasteiger partial charge is 0.478 e. The Bertz CT molecular complexity index is 704. The second-order valence-electron chi connectivity index (χ2n) is 7.71. The number of aromatic carboxylic acids is 1. The minimum Gasteiger partial charge on any atom is -0.478 e. The molecule has 0 aliphatic heterocycles. The number of nitrogens with zero attached hydrogens (tertiary/aromatic N) is 2. The first-order valence-electron chi connectivity index (χ1n) is 11.0. The number of carboxylic acid groups (broad SMARTS) is 1. The van der Waals surface area contributed by atoms with Gasteiger partial charge in [0, 0.05) is 6.42 Å². The maximum atomic E-state index is 11.0. The predicted molar refractivity (Wildman–Crippen MR) is 114 cm³/mol. The fourth-order valence-electron chi connectivity index (χ4n) is 3.76. The summed E-state index contributed by atoms with van der Waals surface area (Å²) in [6, 6.07) is 7.22. The van der Waals surface area contributed by atoms with E-state index in [1.54, 1.807) is 12.1 Å². The quantitative estimate of drug-likeness (QED) is 0.339. The molecule has 0 radical (unpaired) electrons. The van der Waals surface area contributed by atoms with Gasteiger partial charge in [0.25, 0.3) is 5.82 Å². The van der Waals surface area contributed by atoms with Crippen LogP contribution in [0.1, 0.15) is 93.4 Å². The number of unbranched alkanes of at least 4 members (excludes halogenated alkanes) is 8. The van der Waals surface area contributed by atoms with Gasteiger partial charge >= 0.3 is 5.97 Å². The second kappa shape index (κ2) is 12.4. The van der Waals surface area contributed by atoms with Gasteiger partial charge in [-0.25, -0.2) is 13.9 Å². The summed E-state index contributed by atoms with van der Waals surface area (Å²) in [5.41, 5.74) is 1.48. The molecule has 2 aromatic rings. The molecular formula is C24H37N2O2+. The monoisotopic (exact) mass is 385 g/mol. The van der Waals surface area contributed by atoms with Gasteiger partial charge in [-0.05, 0) is 31.0 Å². The lowest BCUT2D eigenvalue weighted by atomic mass is 10.1. The van der Waals surface area contributed by atoms with E-state index in [9.17, 15) is 4.79 Å². The first kappa shape index (κ1) is 22.2. The summed E-state index contributed by atoms with van der Waals surface area (Å²) in [5.74, 6) is 0.496. The van der Waals surface area contributed by atoms with Gasteiger partial charge in [0.05, 0.1) is 12.1 Å². The molecule has 0 unspecified atom stereocenters. The highest BCUT2D eigenvalue weighted by Gasteiger charge is 2.16. The molecule has 0 spiro atoms. The molecule has 0 aliphatic carbocycles. The summed E-state index contributed by atoms with van der Waals surface area (Å²) < 4.78 is 4.64. The molecular weight excluding hydrogens is 348 g/mol. The van der Waals surface area contributed by atoms with Crippen LogP contribution in [-0.2, 0) is 19.5 Å². The van der Waals surface area contributed by atoms with Crippen LogP contribution in [0.5, 0.6) is 0 Å². The van der Waals surface area contributed by atoms with E-state index in [1.807, 2.05) is 12.1 Å². The molecule has 4 nitrogen and oxygen atoms in total. The molecule has 154 valence electrons. The number of aryl methyl sites for hydroxylation is 1. The fraction of sp³-hybridized carbons (Fsp3) is 0.583. The van der Waals surface area contributed by atoms with Crippen LogP contribution in [0.15, 0.2) is 36.7 Å². The minimum atomic E-state index is -0.873. The van der Waals surface area contributed by atoms with Crippen molar-refractivity contribution in [2.75, 3.05) is 0 Å². The Morgan fingerprint density at radius 3 is 2.11 bits per heavy atom. The molecule has 0 atom stereocenters. The van der Waals surface area contributed by atoms with Gasteiger partial charge in [-0.1, -0.05) is 70.4 Å². The number of hydrogen-bond donors (Lipinski definition) is 1. The number of carboxylic acids is 1. The third kappa shape index (κ3) is 7.14. The zero-order chi connectivity index (χ0) is 20.2. The van der Waals surface area contributed by atoms with Crippen molar-refractivity contribution in [2.24, 2.45) is 0 Å². The number of imidazole rings is 1. The Labute approximate surface area is 170 Å². The average Bonchev–Trinajstić information content (AvgIpc) is 3.08. The van der Waals surface area contributed by atoms with Crippen LogP contribution in [0.25, 0.3) is 0 Å². The lowest BCUT2D eigenvalue weighted by molar-refractivity contribution is -0.695. The van der Waals surface area contributed by atoms with Crippen LogP contribution < -0.4 is 4.57 Å². The average molecular weight is 386 g/mol. The number of aromatic nitrogens is 2. The lowest BCUT2D eigenvalue weighted by Crippen LogP contribution is -2.37. The molecule has 1 heterocycles. The molecule has 2 rings (SSSR count). The van der Waals surface area contributed by atoms with E-state index in [4.69, 9.17) is 5.11 Å². The smallest absolute Gasteiger partial charge is 0.335 e. The molecule has 0 amide bonds. The Morgan fingerprint density at radius 2 is 1.54 bits per heavy atom. The first-order valence-corrected chi connectivity index (χ1v) is 11.0. The van der Waals surface area contributed by atoms with E-state index in [-0.39, 0.29) is 0 Å². The summed E-state index contributed by atoms with van der Waals surface area (Å²) in [4.78, 5) is 11.0. The number of benzene rings is 1. The SMILES string of the molecule is CCCCCCCCCCCc1n(CC)cc[n+]1Cc1ccc(C(=O)O)cc1. The van der Waals surface area contributed by atoms with Gasteiger partial charge in [-0.15, -0.1) is 0 Å². The van der Waals surface area contributed by atoms with Crippen LogP contribution in [0.3, 0.4) is 0 Å². The molecule has 1 N–H and O–H groups in total. The van der Waals surface area contributed by atoms with E-state index in [0.717, 1.165) is 25.1 Å². The summed E-state index contributed by atoms with van der Waals surface area (Å²) in [6.45, 7) is 6.23. The van der Waals surface area contributed by atoms with Gasteiger partial charge in [0.15, 0.2) is 0 Å². The van der Waals surface area contributed by atoms with Gasteiger partial charge in [0.1, 0.15) is 18.9 Å². The Kier molecular flexibility index (Phi) is 9.81. The van der Waals surface area contributed by atoms with E-state index in [2.05, 4.69) is 35.4 Å². The molecule has 0 saturated heterocycles.